The number of nitrogens with two attached hydrogens (primary N) is 1. The number of morpholine rings is 1. The highest BCUT2D eigenvalue weighted by atomic mass is 35.5. The van der Waals surface area contributed by atoms with Crippen LogP contribution in [0.1, 0.15) is 31.7 Å². The molecular formula is C21H31ClN6O2. The number of anilines is 2. The fraction of sp³-hybridized carbons (Fsp3) is 0.619. The number of nitrogens with zero attached hydrogens (tertiary/aromatic N) is 4. The Kier molecular flexibility index (Phi) is 7.09. The first-order valence-electron chi connectivity index (χ1n) is 10.8. The molecule has 0 radical (unpaired) electrons. The molecule has 0 amide bonds. The van der Waals surface area contributed by atoms with Gasteiger partial charge in [-0.05, 0) is 50.3 Å². The summed E-state index contributed by atoms with van der Waals surface area (Å²) in [6.45, 7) is 5.73. The van der Waals surface area contributed by atoms with Gasteiger partial charge in [0.25, 0.3) is 0 Å². The summed E-state index contributed by atoms with van der Waals surface area (Å²) in [6, 6.07) is 8.35. The third-order valence-corrected chi connectivity index (χ3v) is 6.15. The Morgan fingerprint density at radius 3 is 2.87 bits per heavy atom. The van der Waals surface area contributed by atoms with E-state index < -0.39 is 0 Å². The number of halogens is 1. The van der Waals surface area contributed by atoms with E-state index >= 15 is 0 Å². The lowest BCUT2D eigenvalue weighted by Gasteiger charge is -2.49. The molecule has 1 aromatic heterocycles. The van der Waals surface area contributed by atoms with Crippen molar-refractivity contribution in [3.63, 3.8) is 0 Å². The van der Waals surface area contributed by atoms with Crippen molar-refractivity contribution in [1.82, 2.24) is 20.1 Å². The van der Waals surface area contributed by atoms with E-state index in [4.69, 9.17) is 26.8 Å². The predicted molar refractivity (Wildman–Crippen MR) is 118 cm³/mol. The van der Waals surface area contributed by atoms with Crippen molar-refractivity contribution in [2.24, 2.45) is 0 Å². The lowest BCUT2D eigenvalue weighted by molar-refractivity contribution is -0.107. The first-order valence-corrected chi connectivity index (χ1v) is 11.2. The van der Waals surface area contributed by atoms with Gasteiger partial charge in [-0.25, -0.2) is 5.10 Å². The molecule has 9 heteroatoms. The van der Waals surface area contributed by atoms with E-state index in [0.717, 1.165) is 37.4 Å². The van der Waals surface area contributed by atoms with E-state index in [-0.39, 0.29) is 18.3 Å². The maximum atomic E-state index is 6.19. The lowest BCUT2D eigenvalue weighted by Crippen LogP contribution is -2.61. The second-order valence-corrected chi connectivity index (χ2v) is 8.42. The van der Waals surface area contributed by atoms with E-state index in [1.807, 2.05) is 19.1 Å². The van der Waals surface area contributed by atoms with Crippen LogP contribution in [-0.4, -0.2) is 71.3 Å². The number of aromatic amines is 1. The Bertz CT molecular complexity index is 801. The Hall–Kier alpha value is -1.87. The smallest absolute Gasteiger partial charge is 0.247 e. The highest BCUT2D eigenvalue weighted by Gasteiger charge is 2.38. The van der Waals surface area contributed by atoms with Crippen molar-refractivity contribution < 1.29 is 9.47 Å². The van der Waals surface area contributed by atoms with Crippen molar-refractivity contribution in [2.45, 2.75) is 50.9 Å². The standard InChI is InChI=1S/C21H31ClN6O2/c1-2-29-14-18-12-28(17(13-30-18)11-15-6-8-16(22)9-7-15)19-5-3-4-10-27(19)21-24-20(23)25-26-21/h6-9,17-19H,2-5,10-14H2,1H3,(H3,23,24,25,26)/t17-,18+,19?/m0/s1. The van der Waals surface area contributed by atoms with Crippen LogP contribution in [0.4, 0.5) is 11.9 Å². The number of nitrogens with one attached hydrogen (secondary N) is 1. The Labute approximate surface area is 182 Å². The topological polar surface area (TPSA) is 92.5 Å². The van der Waals surface area contributed by atoms with Crippen molar-refractivity contribution in [2.75, 3.05) is 43.5 Å². The number of hydrogen-bond acceptors (Lipinski definition) is 7. The molecule has 1 aromatic carbocycles. The largest absolute Gasteiger partial charge is 0.379 e. The summed E-state index contributed by atoms with van der Waals surface area (Å²) in [4.78, 5) is 9.26. The molecule has 2 aromatic rings. The zero-order chi connectivity index (χ0) is 20.9. The maximum absolute atomic E-state index is 6.19. The number of ether oxygens (including phenoxy) is 2. The maximum Gasteiger partial charge on any atom is 0.247 e. The van der Waals surface area contributed by atoms with Gasteiger partial charge in [0.05, 0.1) is 25.5 Å². The number of piperidine rings is 1. The molecule has 2 aliphatic rings. The minimum Gasteiger partial charge on any atom is -0.379 e. The zero-order valence-electron chi connectivity index (χ0n) is 17.5. The summed E-state index contributed by atoms with van der Waals surface area (Å²) in [6.07, 6.45) is 4.54. The van der Waals surface area contributed by atoms with Crippen LogP contribution in [0.2, 0.25) is 5.02 Å². The van der Waals surface area contributed by atoms with Gasteiger partial charge in [0.1, 0.15) is 0 Å². The van der Waals surface area contributed by atoms with E-state index in [1.165, 1.54) is 12.0 Å². The predicted octanol–water partition coefficient (Wildman–Crippen LogP) is 2.71. The molecule has 4 rings (SSSR count). The van der Waals surface area contributed by atoms with Gasteiger partial charge in [-0.1, -0.05) is 23.7 Å². The van der Waals surface area contributed by atoms with Crippen LogP contribution >= 0.6 is 11.6 Å². The Morgan fingerprint density at radius 1 is 1.30 bits per heavy atom. The number of aromatic nitrogens is 3. The zero-order valence-corrected chi connectivity index (χ0v) is 18.2. The van der Waals surface area contributed by atoms with E-state index in [0.29, 0.717) is 31.7 Å². The number of rotatable bonds is 7. The van der Waals surface area contributed by atoms with Gasteiger partial charge in [-0.2, -0.15) is 4.98 Å². The summed E-state index contributed by atoms with van der Waals surface area (Å²) in [5, 5.41) is 7.88. The molecule has 8 nitrogen and oxygen atoms in total. The van der Waals surface area contributed by atoms with Crippen LogP contribution in [0.5, 0.6) is 0 Å². The number of nitrogen functional groups attached to an aromatic ring is 1. The number of H-pyrrole nitrogens is 1. The minimum atomic E-state index is 0.0624. The van der Waals surface area contributed by atoms with Gasteiger partial charge in [0.15, 0.2) is 0 Å². The van der Waals surface area contributed by atoms with Crippen LogP contribution in [0.25, 0.3) is 0 Å². The summed E-state index contributed by atoms with van der Waals surface area (Å²) in [7, 11) is 0. The van der Waals surface area contributed by atoms with Crippen molar-refractivity contribution >= 4 is 23.5 Å². The fourth-order valence-corrected chi connectivity index (χ4v) is 4.58. The molecule has 0 aliphatic carbocycles. The third-order valence-electron chi connectivity index (χ3n) is 5.90. The molecule has 0 bridgehead atoms. The SMILES string of the molecule is CCOC[C@H]1CN(C2CCCCN2c2n[nH]c(N)n2)[C@@H](Cc2ccc(Cl)cc2)CO1. The highest BCUT2D eigenvalue weighted by Crippen LogP contribution is 2.29. The monoisotopic (exact) mass is 434 g/mol. The fourth-order valence-electron chi connectivity index (χ4n) is 4.45. The van der Waals surface area contributed by atoms with Crippen LogP contribution < -0.4 is 10.6 Å². The number of benzene rings is 1. The van der Waals surface area contributed by atoms with Gasteiger partial charge in [0.2, 0.25) is 11.9 Å². The second-order valence-electron chi connectivity index (χ2n) is 7.99. The lowest BCUT2D eigenvalue weighted by atomic mass is 9.99. The summed E-state index contributed by atoms with van der Waals surface area (Å²) in [5.74, 6) is 1.03. The molecule has 1 unspecified atom stereocenters. The average molecular weight is 435 g/mol. The van der Waals surface area contributed by atoms with Crippen molar-refractivity contribution in [1.29, 1.82) is 0 Å². The molecule has 3 heterocycles. The van der Waals surface area contributed by atoms with Gasteiger partial charge < -0.3 is 20.1 Å². The first kappa shape index (κ1) is 21.4. The molecule has 0 spiro atoms. The van der Waals surface area contributed by atoms with Gasteiger partial charge in [-0.3, -0.25) is 4.90 Å². The van der Waals surface area contributed by atoms with Crippen LogP contribution in [0, 0.1) is 0 Å². The van der Waals surface area contributed by atoms with Crippen molar-refractivity contribution in [3.8, 4) is 0 Å². The highest BCUT2D eigenvalue weighted by molar-refractivity contribution is 6.30. The normalized spacial score (nSPS) is 25.5. The molecule has 3 atom stereocenters. The molecule has 0 saturated carbocycles. The second kappa shape index (κ2) is 9.96. The molecule has 30 heavy (non-hydrogen) atoms. The molecule has 164 valence electrons. The molecule has 2 fully saturated rings. The Balaban J connectivity index is 1.56. The van der Waals surface area contributed by atoms with Gasteiger partial charge >= 0.3 is 0 Å². The van der Waals surface area contributed by atoms with Crippen LogP contribution in [0.15, 0.2) is 24.3 Å². The molecule has 2 aliphatic heterocycles. The quantitative estimate of drug-likeness (QED) is 0.692. The minimum absolute atomic E-state index is 0.0624. The third kappa shape index (κ3) is 5.06. The van der Waals surface area contributed by atoms with Crippen molar-refractivity contribution in [3.05, 3.63) is 34.9 Å². The van der Waals surface area contributed by atoms with E-state index in [2.05, 4.69) is 37.1 Å². The molecule has 2 saturated heterocycles. The first-order chi connectivity index (χ1) is 14.6. The summed E-state index contributed by atoms with van der Waals surface area (Å²) in [5.41, 5.74) is 7.07. The Morgan fingerprint density at radius 2 is 2.13 bits per heavy atom. The summed E-state index contributed by atoms with van der Waals surface area (Å²) >= 11 is 6.08. The van der Waals surface area contributed by atoms with E-state index in [9.17, 15) is 0 Å². The molecule has 3 N–H and O–H groups in total. The number of hydrogen-bond donors (Lipinski definition) is 2. The average Bonchev–Trinajstić information content (AvgIpc) is 3.21. The molecular weight excluding hydrogens is 404 g/mol. The summed E-state index contributed by atoms with van der Waals surface area (Å²) < 4.78 is 11.9. The van der Waals surface area contributed by atoms with Crippen LogP contribution in [0.3, 0.4) is 0 Å². The van der Waals surface area contributed by atoms with E-state index in [1.54, 1.807) is 0 Å². The van der Waals surface area contributed by atoms with Gasteiger partial charge in [-0.15, -0.1) is 5.10 Å². The van der Waals surface area contributed by atoms with Gasteiger partial charge in [0, 0.05) is 30.8 Å². The van der Waals surface area contributed by atoms with Crippen LogP contribution in [-0.2, 0) is 15.9 Å².